The van der Waals surface area contributed by atoms with Crippen LogP contribution < -0.4 is 0 Å². The first-order chi connectivity index (χ1) is 32.1. The Hall–Kier alpha value is -7.94. The van der Waals surface area contributed by atoms with E-state index in [-0.39, 0.29) is 10.8 Å². The number of aromatic nitrogens is 2. The molecule has 0 fully saturated rings. The molecule has 2 aromatic heterocycles. The molecule has 0 bridgehead atoms. The van der Waals surface area contributed by atoms with E-state index < -0.39 is 0 Å². The number of allylic oxidation sites excluding steroid dienone is 4. The van der Waals surface area contributed by atoms with Gasteiger partial charge in [0.05, 0.1) is 22.4 Å². The molecule has 0 aliphatic heterocycles. The Labute approximate surface area is 387 Å². The zero-order chi connectivity index (χ0) is 44.9. The number of fused-ring (bicyclic) bond motifs is 8. The van der Waals surface area contributed by atoms with Crippen molar-refractivity contribution in [3.63, 3.8) is 0 Å². The van der Waals surface area contributed by atoms with Gasteiger partial charge in [-0.05, 0) is 139 Å². The topological polar surface area (TPSA) is 9.86 Å². The summed E-state index contributed by atoms with van der Waals surface area (Å²) in [5.41, 5.74) is 24.5. The van der Waals surface area contributed by atoms with Gasteiger partial charge in [0.15, 0.2) is 0 Å². The average molecular weight is 847 g/mol. The van der Waals surface area contributed by atoms with Crippen LogP contribution in [0.25, 0.3) is 94.5 Å². The molecular weight excluding hydrogens is 797 g/mol. The second-order valence-corrected chi connectivity index (χ2v) is 19.1. The molecule has 2 aliphatic carbocycles. The number of benzene rings is 8. The Morgan fingerprint density at radius 2 is 0.879 bits per heavy atom. The highest BCUT2D eigenvalue weighted by molar-refractivity contribution is 6.02. The summed E-state index contributed by atoms with van der Waals surface area (Å²) in [6.07, 6.45) is 5.82. The van der Waals surface area contributed by atoms with Gasteiger partial charge in [-0.2, -0.15) is 0 Å². The fraction of sp³-hybridized carbons (Fsp3) is 0.0938. The molecule has 0 atom stereocenters. The lowest BCUT2D eigenvalue weighted by molar-refractivity contribution is 0.660. The Bertz CT molecular complexity index is 3640. The van der Waals surface area contributed by atoms with Gasteiger partial charge in [-0.25, -0.2) is 0 Å². The summed E-state index contributed by atoms with van der Waals surface area (Å²) in [4.78, 5) is 0. The van der Waals surface area contributed by atoms with Gasteiger partial charge in [0.2, 0.25) is 0 Å². The van der Waals surface area contributed by atoms with Crippen molar-refractivity contribution in [2.24, 2.45) is 0 Å². The third-order valence-corrected chi connectivity index (χ3v) is 14.6. The Morgan fingerprint density at radius 1 is 0.424 bits per heavy atom. The smallest absolute Gasteiger partial charge is 0.0542 e. The van der Waals surface area contributed by atoms with E-state index in [1.165, 1.54) is 77.7 Å². The predicted octanol–water partition coefficient (Wildman–Crippen LogP) is 16.9. The molecule has 0 N–H and O–H groups in total. The van der Waals surface area contributed by atoms with Crippen LogP contribution in [0.1, 0.15) is 55.6 Å². The van der Waals surface area contributed by atoms with E-state index in [0.717, 1.165) is 44.8 Å². The standard InChI is InChI=1S/C64H50N2/c1-7-8-16-41(2)59-37-47-39-62-48(40-61(47)65(59)49-29-23-42(24-30-49)45-27-33-53-51-19-12-14-21-55(51)63(3,4)57(53)35-45)38-60(44-17-10-9-11-18-44)66(62)50-31-25-43(26-32-50)46-28-34-54-52-20-13-15-22-56(52)64(5,6)58(54)36-46/h7-40H,1-2H2,3-6H3. The number of hydrogen-bond acceptors (Lipinski definition) is 0. The van der Waals surface area contributed by atoms with E-state index in [1.54, 1.807) is 6.08 Å². The fourth-order valence-corrected chi connectivity index (χ4v) is 11.2. The minimum absolute atomic E-state index is 0.0491. The van der Waals surface area contributed by atoms with E-state index in [0.29, 0.717) is 0 Å². The van der Waals surface area contributed by atoms with Crippen LogP contribution in [0.5, 0.6) is 0 Å². The monoisotopic (exact) mass is 846 g/mol. The molecule has 316 valence electrons. The molecular formula is C64H50N2. The highest BCUT2D eigenvalue weighted by Gasteiger charge is 2.36. The SMILES string of the molecule is C=CC=CC(=C)c1cc2cc3c(cc(-c4ccccc4)n3-c3ccc(-c4ccc5c(c4)C(C)(C)c4ccccc4-5)cc3)cc2n1-c1ccc(-c2ccc3c(c2)C(C)(C)c2ccccc2-3)cc1. The number of nitrogens with zero attached hydrogens (tertiary/aromatic N) is 2. The highest BCUT2D eigenvalue weighted by atomic mass is 15.0. The molecule has 2 heterocycles. The third-order valence-electron chi connectivity index (χ3n) is 14.6. The molecule has 0 saturated heterocycles. The lowest BCUT2D eigenvalue weighted by Gasteiger charge is -2.22. The van der Waals surface area contributed by atoms with E-state index in [4.69, 9.17) is 0 Å². The maximum absolute atomic E-state index is 4.56. The van der Waals surface area contributed by atoms with Gasteiger partial charge in [0, 0.05) is 33.0 Å². The first kappa shape index (κ1) is 39.6. The third kappa shape index (κ3) is 6.02. The Balaban J connectivity index is 0.957. The molecule has 0 unspecified atom stereocenters. The molecule has 0 amide bonds. The molecule has 0 saturated carbocycles. The normalized spacial score (nSPS) is 14.1. The van der Waals surface area contributed by atoms with Crippen LogP contribution in [0.4, 0.5) is 0 Å². The molecule has 2 heteroatoms. The second kappa shape index (κ2) is 14.8. The van der Waals surface area contributed by atoms with Crippen LogP contribution in [-0.2, 0) is 10.8 Å². The lowest BCUT2D eigenvalue weighted by Crippen LogP contribution is -2.14. The van der Waals surface area contributed by atoms with E-state index in [2.05, 4.69) is 238 Å². The number of rotatable bonds is 8. The summed E-state index contributed by atoms with van der Waals surface area (Å²) >= 11 is 0. The van der Waals surface area contributed by atoms with Crippen LogP contribution in [0.2, 0.25) is 0 Å². The Kier molecular flexibility index (Phi) is 8.89. The highest BCUT2D eigenvalue weighted by Crippen LogP contribution is 2.51. The van der Waals surface area contributed by atoms with Gasteiger partial charge in [-0.1, -0.05) is 186 Å². The maximum atomic E-state index is 4.56. The predicted molar refractivity (Wildman–Crippen MR) is 280 cm³/mol. The molecule has 0 spiro atoms. The lowest BCUT2D eigenvalue weighted by atomic mass is 9.81. The summed E-state index contributed by atoms with van der Waals surface area (Å²) in [5, 5.41) is 2.31. The quantitative estimate of drug-likeness (QED) is 0.135. The van der Waals surface area contributed by atoms with Crippen molar-refractivity contribution in [1.82, 2.24) is 9.13 Å². The summed E-state index contributed by atoms with van der Waals surface area (Å²) < 4.78 is 4.78. The van der Waals surface area contributed by atoms with Crippen molar-refractivity contribution in [3.8, 4) is 67.1 Å². The molecule has 66 heavy (non-hydrogen) atoms. The first-order valence-corrected chi connectivity index (χ1v) is 23.1. The van der Waals surface area contributed by atoms with Gasteiger partial charge in [0.25, 0.3) is 0 Å². The van der Waals surface area contributed by atoms with E-state index in [1.807, 2.05) is 12.2 Å². The fourth-order valence-electron chi connectivity index (χ4n) is 11.2. The summed E-state index contributed by atoms with van der Waals surface area (Å²) in [6, 6.07) is 69.9. The number of hydrogen-bond donors (Lipinski definition) is 0. The molecule has 8 aromatic carbocycles. The summed E-state index contributed by atoms with van der Waals surface area (Å²) in [7, 11) is 0. The molecule has 2 nitrogen and oxygen atoms in total. The minimum Gasteiger partial charge on any atom is -0.309 e. The summed E-state index contributed by atoms with van der Waals surface area (Å²) in [5.74, 6) is 0. The molecule has 0 radical (unpaired) electrons. The van der Waals surface area contributed by atoms with Crippen LogP contribution in [0, 0.1) is 0 Å². The van der Waals surface area contributed by atoms with Gasteiger partial charge < -0.3 is 9.13 Å². The van der Waals surface area contributed by atoms with Crippen LogP contribution in [-0.4, -0.2) is 9.13 Å². The van der Waals surface area contributed by atoms with Crippen molar-refractivity contribution >= 4 is 27.4 Å². The zero-order valence-electron chi connectivity index (χ0n) is 37.9. The zero-order valence-corrected chi connectivity index (χ0v) is 37.9. The molecule has 2 aliphatic rings. The molecule has 12 rings (SSSR count). The van der Waals surface area contributed by atoms with Crippen LogP contribution in [0.15, 0.2) is 219 Å². The van der Waals surface area contributed by atoms with Crippen molar-refractivity contribution in [2.75, 3.05) is 0 Å². The van der Waals surface area contributed by atoms with Gasteiger partial charge in [-0.15, -0.1) is 0 Å². The van der Waals surface area contributed by atoms with Crippen molar-refractivity contribution in [2.45, 2.75) is 38.5 Å². The van der Waals surface area contributed by atoms with Crippen molar-refractivity contribution in [3.05, 3.63) is 247 Å². The largest absolute Gasteiger partial charge is 0.309 e. The maximum Gasteiger partial charge on any atom is 0.0542 e. The first-order valence-electron chi connectivity index (χ1n) is 23.1. The Morgan fingerprint density at radius 3 is 1.42 bits per heavy atom. The average Bonchev–Trinajstić information content (AvgIpc) is 4.05. The summed E-state index contributed by atoms with van der Waals surface area (Å²) in [6.45, 7) is 17.9. The van der Waals surface area contributed by atoms with Crippen molar-refractivity contribution < 1.29 is 0 Å². The van der Waals surface area contributed by atoms with Crippen molar-refractivity contribution in [1.29, 1.82) is 0 Å². The van der Waals surface area contributed by atoms with E-state index in [9.17, 15) is 0 Å². The minimum atomic E-state index is -0.0532. The second-order valence-electron chi connectivity index (χ2n) is 19.1. The van der Waals surface area contributed by atoms with Crippen LogP contribution >= 0.6 is 0 Å². The molecule has 10 aromatic rings. The van der Waals surface area contributed by atoms with Crippen LogP contribution in [0.3, 0.4) is 0 Å². The van der Waals surface area contributed by atoms with Gasteiger partial charge in [-0.3, -0.25) is 0 Å². The van der Waals surface area contributed by atoms with E-state index >= 15 is 0 Å². The van der Waals surface area contributed by atoms with Gasteiger partial charge in [0.1, 0.15) is 0 Å². The van der Waals surface area contributed by atoms with Gasteiger partial charge >= 0.3 is 0 Å².